The first-order valence-corrected chi connectivity index (χ1v) is 5.83. The van der Waals surface area contributed by atoms with E-state index in [0.29, 0.717) is 19.1 Å². The number of rotatable bonds is 4. The van der Waals surface area contributed by atoms with Crippen LogP contribution in [0.25, 0.3) is 0 Å². The van der Waals surface area contributed by atoms with Crippen LogP contribution in [0.5, 0.6) is 0 Å². The topological polar surface area (TPSA) is 52.7 Å². The van der Waals surface area contributed by atoms with Crippen molar-refractivity contribution < 1.29 is 5.11 Å². The lowest BCUT2D eigenvalue weighted by molar-refractivity contribution is -0.000105. The predicted octanol–water partition coefficient (Wildman–Crippen LogP) is -0.278. The number of hydrogen-bond donors (Lipinski definition) is 2. The minimum atomic E-state index is -0.742. The quantitative estimate of drug-likeness (QED) is 0.677. The van der Waals surface area contributed by atoms with E-state index in [1.165, 1.54) is 0 Å². The van der Waals surface area contributed by atoms with E-state index in [-0.39, 0.29) is 0 Å². The van der Waals surface area contributed by atoms with Crippen LogP contribution in [-0.2, 0) is 0 Å². The molecule has 4 nitrogen and oxygen atoms in total. The zero-order valence-electron chi connectivity index (χ0n) is 10.2. The van der Waals surface area contributed by atoms with E-state index in [2.05, 4.69) is 23.8 Å². The van der Waals surface area contributed by atoms with Crippen LogP contribution in [0.3, 0.4) is 0 Å². The van der Waals surface area contributed by atoms with Crippen molar-refractivity contribution >= 4 is 0 Å². The molecule has 1 saturated heterocycles. The van der Waals surface area contributed by atoms with Gasteiger partial charge in [-0.1, -0.05) is 6.92 Å². The normalized spacial score (nSPS) is 29.0. The molecule has 0 spiro atoms. The molecule has 0 aromatic carbocycles. The van der Waals surface area contributed by atoms with Gasteiger partial charge in [0.15, 0.2) is 0 Å². The highest BCUT2D eigenvalue weighted by molar-refractivity contribution is 4.84. The van der Waals surface area contributed by atoms with Gasteiger partial charge in [0.1, 0.15) is 0 Å². The lowest BCUT2D eigenvalue weighted by atomic mass is 10.0. The van der Waals surface area contributed by atoms with Crippen molar-refractivity contribution in [2.24, 2.45) is 5.73 Å². The molecule has 0 aliphatic carbocycles. The van der Waals surface area contributed by atoms with E-state index in [9.17, 15) is 5.11 Å². The summed E-state index contributed by atoms with van der Waals surface area (Å²) < 4.78 is 0. The molecule has 1 heterocycles. The monoisotopic (exact) mass is 215 g/mol. The molecule has 2 unspecified atom stereocenters. The average Bonchev–Trinajstić information content (AvgIpc) is 2.20. The van der Waals surface area contributed by atoms with Crippen molar-refractivity contribution in [1.29, 1.82) is 0 Å². The minimum Gasteiger partial charge on any atom is -0.388 e. The Balaban J connectivity index is 2.45. The van der Waals surface area contributed by atoms with Gasteiger partial charge in [-0.05, 0) is 20.4 Å². The Morgan fingerprint density at radius 3 is 2.67 bits per heavy atom. The Morgan fingerprint density at radius 1 is 1.47 bits per heavy atom. The third-order valence-corrected chi connectivity index (χ3v) is 3.34. The first-order chi connectivity index (χ1) is 6.98. The Hall–Kier alpha value is -0.160. The van der Waals surface area contributed by atoms with Crippen LogP contribution in [0.2, 0.25) is 0 Å². The largest absolute Gasteiger partial charge is 0.388 e. The minimum absolute atomic E-state index is 0.329. The molecular weight excluding hydrogens is 190 g/mol. The van der Waals surface area contributed by atoms with Gasteiger partial charge < -0.3 is 15.7 Å². The highest BCUT2D eigenvalue weighted by Gasteiger charge is 2.28. The van der Waals surface area contributed by atoms with Crippen molar-refractivity contribution in [3.05, 3.63) is 0 Å². The second-order valence-electron chi connectivity index (χ2n) is 4.98. The predicted molar refractivity (Wildman–Crippen MR) is 62.8 cm³/mol. The number of nitrogens with zero attached hydrogens (tertiary/aromatic N) is 2. The summed E-state index contributed by atoms with van der Waals surface area (Å²) in [5.41, 5.74) is 4.79. The maximum Gasteiger partial charge on any atom is 0.0867 e. The number of aliphatic hydroxyl groups is 1. The SMILES string of the molecule is CCC1CN(CC(C)(O)CN)CCN1C. The highest BCUT2D eigenvalue weighted by atomic mass is 16.3. The van der Waals surface area contributed by atoms with Crippen LogP contribution in [0, 0.1) is 0 Å². The van der Waals surface area contributed by atoms with Crippen LogP contribution in [0.15, 0.2) is 0 Å². The fraction of sp³-hybridized carbons (Fsp3) is 1.00. The Labute approximate surface area is 93.0 Å². The van der Waals surface area contributed by atoms with Gasteiger partial charge in [0.2, 0.25) is 0 Å². The standard InChI is InChI=1S/C11H25N3O/c1-4-10-7-14(6-5-13(10)3)9-11(2,15)8-12/h10,15H,4-9,12H2,1-3H3. The molecule has 0 radical (unpaired) electrons. The summed E-state index contributed by atoms with van der Waals surface area (Å²) in [5.74, 6) is 0. The molecule has 0 saturated carbocycles. The van der Waals surface area contributed by atoms with E-state index < -0.39 is 5.60 Å². The first kappa shape index (κ1) is 12.9. The molecule has 4 heteroatoms. The van der Waals surface area contributed by atoms with Crippen molar-refractivity contribution in [1.82, 2.24) is 9.80 Å². The summed E-state index contributed by atoms with van der Waals surface area (Å²) >= 11 is 0. The van der Waals surface area contributed by atoms with Crippen LogP contribution < -0.4 is 5.73 Å². The van der Waals surface area contributed by atoms with E-state index in [1.807, 2.05) is 6.92 Å². The maximum absolute atomic E-state index is 9.92. The molecule has 0 aromatic heterocycles. The second-order valence-corrected chi connectivity index (χ2v) is 4.98. The number of β-amino-alcohol motifs (C(OH)–C–C–N with tert-alkyl or cyclic N) is 1. The van der Waals surface area contributed by atoms with Crippen LogP contribution >= 0.6 is 0 Å². The zero-order chi connectivity index (χ0) is 11.5. The van der Waals surface area contributed by atoms with Gasteiger partial charge >= 0.3 is 0 Å². The summed E-state index contributed by atoms with van der Waals surface area (Å²) in [6.07, 6.45) is 1.16. The van der Waals surface area contributed by atoms with Gasteiger partial charge in [-0.25, -0.2) is 0 Å². The summed E-state index contributed by atoms with van der Waals surface area (Å²) in [4.78, 5) is 4.72. The van der Waals surface area contributed by atoms with Gasteiger partial charge in [-0.3, -0.25) is 4.90 Å². The third-order valence-electron chi connectivity index (χ3n) is 3.34. The molecule has 15 heavy (non-hydrogen) atoms. The van der Waals surface area contributed by atoms with Crippen molar-refractivity contribution in [2.45, 2.75) is 31.9 Å². The summed E-state index contributed by atoms with van der Waals surface area (Å²) in [7, 11) is 2.17. The number of piperazine rings is 1. The lowest BCUT2D eigenvalue weighted by Crippen LogP contribution is -2.56. The molecule has 1 aliphatic rings. The van der Waals surface area contributed by atoms with E-state index in [0.717, 1.165) is 26.1 Å². The molecule has 1 rings (SSSR count). The summed E-state index contributed by atoms with van der Waals surface area (Å²) in [5, 5.41) is 9.92. The van der Waals surface area contributed by atoms with E-state index in [4.69, 9.17) is 5.73 Å². The van der Waals surface area contributed by atoms with Gasteiger partial charge in [0.25, 0.3) is 0 Å². The molecule has 0 bridgehead atoms. The fourth-order valence-corrected chi connectivity index (χ4v) is 2.14. The molecule has 3 N–H and O–H groups in total. The van der Waals surface area contributed by atoms with Crippen LogP contribution in [0.1, 0.15) is 20.3 Å². The number of likely N-dealkylation sites (N-methyl/N-ethyl adjacent to an activating group) is 1. The molecule has 2 atom stereocenters. The molecule has 0 amide bonds. The third kappa shape index (κ3) is 3.72. The van der Waals surface area contributed by atoms with Crippen molar-refractivity contribution in [2.75, 3.05) is 39.8 Å². The van der Waals surface area contributed by atoms with Crippen LogP contribution in [-0.4, -0.2) is 66.3 Å². The van der Waals surface area contributed by atoms with Gasteiger partial charge in [-0.15, -0.1) is 0 Å². The molecule has 0 aromatic rings. The van der Waals surface area contributed by atoms with Gasteiger partial charge in [-0.2, -0.15) is 0 Å². The number of hydrogen-bond acceptors (Lipinski definition) is 4. The fourth-order valence-electron chi connectivity index (χ4n) is 2.14. The first-order valence-electron chi connectivity index (χ1n) is 5.83. The zero-order valence-corrected chi connectivity index (χ0v) is 10.2. The smallest absolute Gasteiger partial charge is 0.0867 e. The maximum atomic E-state index is 9.92. The van der Waals surface area contributed by atoms with E-state index in [1.54, 1.807) is 0 Å². The molecule has 90 valence electrons. The van der Waals surface area contributed by atoms with Crippen molar-refractivity contribution in [3.63, 3.8) is 0 Å². The van der Waals surface area contributed by atoms with Crippen molar-refractivity contribution in [3.8, 4) is 0 Å². The molecule has 1 aliphatic heterocycles. The van der Waals surface area contributed by atoms with Crippen LogP contribution in [0.4, 0.5) is 0 Å². The average molecular weight is 215 g/mol. The summed E-state index contributed by atoms with van der Waals surface area (Å²) in [6.45, 7) is 8.20. The number of nitrogens with two attached hydrogens (primary N) is 1. The van der Waals surface area contributed by atoms with Gasteiger partial charge in [0, 0.05) is 38.8 Å². The lowest BCUT2D eigenvalue weighted by Gasteiger charge is -2.41. The Bertz CT molecular complexity index is 196. The second kappa shape index (κ2) is 5.25. The Kier molecular flexibility index (Phi) is 4.52. The van der Waals surface area contributed by atoms with E-state index >= 15 is 0 Å². The summed E-state index contributed by atoms with van der Waals surface area (Å²) in [6, 6.07) is 0.618. The Morgan fingerprint density at radius 2 is 2.13 bits per heavy atom. The van der Waals surface area contributed by atoms with Gasteiger partial charge in [0.05, 0.1) is 5.60 Å². The highest BCUT2D eigenvalue weighted by Crippen LogP contribution is 2.13. The molecule has 1 fully saturated rings. The molecular formula is C11H25N3O.